The Kier molecular flexibility index (Phi) is 8.40. The molecule has 0 saturated heterocycles. The number of nitrogens with zero attached hydrogens (tertiary/aromatic N) is 4. The second-order valence-electron chi connectivity index (χ2n) is 15.2. The number of fused-ring (bicyclic) bond motifs is 6. The number of anilines is 6. The van der Waals surface area contributed by atoms with Gasteiger partial charge in [-0.15, -0.1) is 0 Å². The Bertz CT molecular complexity index is 3100. The normalized spacial score (nSPS) is 15.1. The Morgan fingerprint density at radius 3 is 1.59 bits per heavy atom. The summed E-state index contributed by atoms with van der Waals surface area (Å²) >= 11 is 0. The number of hydrogen-bond donors (Lipinski definition) is 0. The summed E-state index contributed by atoms with van der Waals surface area (Å²) in [6.45, 7) is 0. The molecule has 1 atom stereocenters. The average molecular weight is 747 g/mol. The molecule has 278 valence electrons. The lowest BCUT2D eigenvalue weighted by atomic mass is 10.1. The number of para-hydroxylation sites is 4. The summed E-state index contributed by atoms with van der Waals surface area (Å²) in [5.74, 6) is 0. The van der Waals surface area contributed by atoms with Gasteiger partial charge < -0.3 is 18.9 Å². The third kappa shape index (κ3) is 5.76. The molecule has 0 saturated carbocycles. The second-order valence-corrected chi connectivity index (χ2v) is 15.2. The highest BCUT2D eigenvalue weighted by molar-refractivity contribution is 6.12. The van der Waals surface area contributed by atoms with Crippen molar-refractivity contribution in [1.29, 1.82) is 0 Å². The predicted octanol–water partition coefficient (Wildman–Crippen LogP) is 15.1. The lowest BCUT2D eigenvalue weighted by Crippen LogP contribution is -2.13. The van der Waals surface area contributed by atoms with Gasteiger partial charge in [-0.3, -0.25) is 0 Å². The van der Waals surface area contributed by atoms with Gasteiger partial charge in [0.2, 0.25) is 0 Å². The maximum atomic E-state index is 2.51. The molecule has 7 aromatic carbocycles. The van der Waals surface area contributed by atoms with Crippen molar-refractivity contribution in [3.8, 4) is 0 Å². The van der Waals surface area contributed by atoms with Crippen molar-refractivity contribution in [2.24, 2.45) is 0 Å². The first kappa shape index (κ1) is 34.0. The van der Waals surface area contributed by atoms with Crippen LogP contribution < -0.4 is 9.80 Å². The summed E-state index contributed by atoms with van der Waals surface area (Å²) in [7, 11) is 0. The Balaban J connectivity index is 1.07. The van der Waals surface area contributed by atoms with Crippen LogP contribution in [0.4, 0.5) is 34.1 Å². The van der Waals surface area contributed by atoms with Crippen LogP contribution in [0.3, 0.4) is 0 Å². The van der Waals surface area contributed by atoms with Crippen LogP contribution in [-0.4, -0.2) is 9.13 Å². The van der Waals surface area contributed by atoms with Gasteiger partial charge in [-0.1, -0.05) is 115 Å². The van der Waals surface area contributed by atoms with Crippen LogP contribution >= 0.6 is 0 Å². The minimum Gasteiger partial charge on any atom is -0.333 e. The van der Waals surface area contributed by atoms with E-state index in [0.29, 0.717) is 0 Å². The van der Waals surface area contributed by atoms with Crippen LogP contribution in [0.2, 0.25) is 0 Å². The van der Waals surface area contributed by atoms with Gasteiger partial charge in [0.25, 0.3) is 0 Å². The average Bonchev–Trinajstić information content (AvgIpc) is 3.80. The maximum Gasteiger partial charge on any atom is 0.0560 e. The standard InChI is InChI=1S/C54H42N4/c1-5-18-39(19-6-1)55(45-32-34-53-49(37-45)47-28-13-15-30-51(47)57(53)41-22-9-3-10-23-41)43-26-17-27-44(36-43)56(40-20-7-2-8-21-40)46-33-35-54-50(38-46)48-29-14-16-31-52(48)58(54)42-24-11-4-12-25-42/h1-3,5-11,13-22,24-38,41H,4,12,23H2. The van der Waals surface area contributed by atoms with Crippen molar-refractivity contribution in [3.05, 3.63) is 212 Å². The largest absolute Gasteiger partial charge is 0.333 e. The monoisotopic (exact) mass is 746 g/mol. The van der Waals surface area contributed by atoms with Crippen molar-refractivity contribution in [2.45, 2.75) is 25.3 Å². The number of rotatable bonds is 8. The van der Waals surface area contributed by atoms with E-state index in [0.717, 1.165) is 53.4 Å². The molecule has 0 spiro atoms. The van der Waals surface area contributed by atoms with Gasteiger partial charge in [0.15, 0.2) is 0 Å². The molecule has 9 aromatic rings. The first-order valence-corrected chi connectivity index (χ1v) is 20.4. The van der Waals surface area contributed by atoms with Gasteiger partial charge in [-0.2, -0.15) is 0 Å². The van der Waals surface area contributed by atoms with Crippen LogP contribution in [-0.2, 0) is 0 Å². The van der Waals surface area contributed by atoms with E-state index in [9.17, 15) is 0 Å². The van der Waals surface area contributed by atoms with Crippen LogP contribution in [0.25, 0.3) is 49.3 Å². The molecule has 2 aliphatic carbocycles. The Morgan fingerprint density at radius 2 is 0.948 bits per heavy atom. The van der Waals surface area contributed by atoms with Crippen LogP contribution in [0.1, 0.15) is 25.3 Å². The fraction of sp³-hybridized carbons (Fsp3) is 0.0741. The molecule has 2 aromatic heterocycles. The van der Waals surface area contributed by atoms with Gasteiger partial charge in [0.1, 0.15) is 0 Å². The number of aromatic nitrogens is 2. The summed E-state index contributed by atoms with van der Waals surface area (Å²) < 4.78 is 4.93. The molecule has 58 heavy (non-hydrogen) atoms. The summed E-state index contributed by atoms with van der Waals surface area (Å²) in [5.41, 5.74) is 12.8. The van der Waals surface area contributed by atoms with Crippen LogP contribution in [0.15, 0.2) is 212 Å². The third-order valence-electron chi connectivity index (χ3n) is 11.8. The number of allylic oxidation sites excluding steroid dienone is 8. The van der Waals surface area contributed by atoms with Gasteiger partial charge in [0.05, 0.1) is 17.1 Å². The van der Waals surface area contributed by atoms with Crippen molar-refractivity contribution < 1.29 is 0 Å². The molecule has 0 bridgehead atoms. The quantitative estimate of drug-likeness (QED) is 0.154. The molecule has 0 radical (unpaired) electrons. The molecular weight excluding hydrogens is 705 g/mol. The van der Waals surface area contributed by atoms with Crippen molar-refractivity contribution in [1.82, 2.24) is 9.13 Å². The van der Waals surface area contributed by atoms with E-state index in [2.05, 4.69) is 231 Å². The summed E-state index contributed by atoms with van der Waals surface area (Å²) in [5, 5.41) is 5.02. The van der Waals surface area contributed by atoms with E-state index in [4.69, 9.17) is 0 Å². The zero-order valence-electron chi connectivity index (χ0n) is 32.2. The predicted molar refractivity (Wildman–Crippen MR) is 246 cm³/mol. The van der Waals surface area contributed by atoms with E-state index >= 15 is 0 Å². The van der Waals surface area contributed by atoms with Gasteiger partial charge >= 0.3 is 0 Å². The Morgan fingerprint density at radius 1 is 0.414 bits per heavy atom. The minimum absolute atomic E-state index is 0.279. The molecule has 0 fully saturated rings. The fourth-order valence-electron chi connectivity index (χ4n) is 9.21. The highest BCUT2D eigenvalue weighted by Crippen LogP contribution is 2.44. The molecule has 2 aliphatic rings. The highest BCUT2D eigenvalue weighted by Gasteiger charge is 2.22. The van der Waals surface area contributed by atoms with E-state index < -0.39 is 0 Å². The summed E-state index contributed by atoms with van der Waals surface area (Å²) in [6, 6.07) is 62.3. The highest BCUT2D eigenvalue weighted by atomic mass is 15.2. The lowest BCUT2D eigenvalue weighted by Gasteiger charge is -2.29. The second kappa shape index (κ2) is 14.3. The van der Waals surface area contributed by atoms with Crippen LogP contribution in [0.5, 0.6) is 0 Å². The van der Waals surface area contributed by atoms with Crippen molar-refractivity contribution in [3.63, 3.8) is 0 Å². The number of benzene rings is 7. The van der Waals surface area contributed by atoms with E-state index in [1.165, 1.54) is 49.3 Å². The van der Waals surface area contributed by atoms with Gasteiger partial charge in [-0.25, -0.2) is 0 Å². The molecule has 0 aliphatic heterocycles. The molecule has 11 rings (SSSR count). The van der Waals surface area contributed by atoms with E-state index in [1.54, 1.807) is 0 Å². The SMILES string of the molecule is C1=CCC(n2c3ccccc3c3cc(N(c4ccccc4)c4cccc(N(c5ccccc5)c5ccc6c(c5)c5ccccc5n6C5=CCCC=C5)c4)ccc32)C=C1. The maximum absolute atomic E-state index is 2.51. The first-order chi connectivity index (χ1) is 28.8. The number of hydrogen-bond acceptors (Lipinski definition) is 2. The van der Waals surface area contributed by atoms with Crippen molar-refractivity contribution >= 4 is 83.4 Å². The topological polar surface area (TPSA) is 16.3 Å². The van der Waals surface area contributed by atoms with Crippen molar-refractivity contribution in [2.75, 3.05) is 9.80 Å². The van der Waals surface area contributed by atoms with E-state index in [-0.39, 0.29) is 6.04 Å². The molecule has 2 heterocycles. The first-order valence-electron chi connectivity index (χ1n) is 20.4. The molecule has 4 nitrogen and oxygen atoms in total. The Hall–Kier alpha value is -7.30. The van der Waals surface area contributed by atoms with Gasteiger partial charge in [0, 0.05) is 72.4 Å². The fourth-order valence-corrected chi connectivity index (χ4v) is 9.21. The zero-order valence-corrected chi connectivity index (χ0v) is 32.2. The summed E-state index contributed by atoms with van der Waals surface area (Å²) in [4.78, 5) is 4.78. The molecule has 1 unspecified atom stereocenters. The summed E-state index contributed by atoms with van der Waals surface area (Å²) in [6.07, 6.45) is 19.0. The molecule has 0 N–H and O–H groups in total. The minimum atomic E-state index is 0.279. The third-order valence-corrected chi connectivity index (χ3v) is 11.8. The lowest BCUT2D eigenvalue weighted by molar-refractivity contribution is 0.648. The van der Waals surface area contributed by atoms with E-state index in [1.807, 2.05) is 0 Å². The zero-order chi connectivity index (χ0) is 38.4. The molecule has 4 heteroatoms. The molecule has 0 amide bonds. The Labute approximate surface area is 338 Å². The van der Waals surface area contributed by atoms with Crippen LogP contribution in [0, 0.1) is 0 Å². The molecular formula is C54H42N4. The van der Waals surface area contributed by atoms with Gasteiger partial charge in [-0.05, 0) is 116 Å². The smallest absolute Gasteiger partial charge is 0.0560 e.